The van der Waals surface area contributed by atoms with Gasteiger partial charge in [-0.2, -0.15) is 0 Å². The molecule has 2 aliphatic rings. The number of rotatable bonds is 1. The Hall–Kier alpha value is -0.460. The van der Waals surface area contributed by atoms with Crippen LogP contribution >= 0.6 is 0 Å². The molecular formula is C13H23N. The van der Waals surface area contributed by atoms with Gasteiger partial charge in [0.2, 0.25) is 0 Å². The van der Waals surface area contributed by atoms with Gasteiger partial charge < -0.3 is 4.90 Å². The van der Waals surface area contributed by atoms with E-state index in [9.17, 15) is 0 Å². The zero-order valence-electron chi connectivity index (χ0n) is 9.52. The summed E-state index contributed by atoms with van der Waals surface area (Å²) in [7, 11) is 0. The molecule has 0 radical (unpaired) electrons. The molecule has 1 heterocycles. The second-order valence-corrected chi connectivity index (χ2v) is 4.80. The fourth-order valence-electron chi connectivity index (χ4n) is 2.79. The van der Waals surface area contributed by atoms with Crippen LogP contribution in [0.4, 0.5) is 0 Å². The molecule has 0 N–H and O–H groups in total. The Balaban J connectivity index is 1.99. The van der Waals surface area contributed by atoms with E-state index in [0.717, 1.165) is 0 Å². The lowest BCUT2D eigenvalue weighted by Crippen LogP contribution is -2.29. The number of piperidine rings is 1. The second kappa shape index (κ2) is 4.86. The van der Waals surface area contributed by atoms with Crippen LogP contribution < -0.4 is 0 Å². The number of allylic oxidation sites excluding steroid dienone is 2. The van der Waals surface area contributed by atoms with Gasteiger partial charge in [-0.25, -0.2) is 0 Å². The van der Waals surface area contributed by atoms with Crippen LogP contribution in [0, 0.1) is 0 Å². The van der Waals surface area contributed by atoms with E-state index in [4.69, 9.17) is 0 Å². The molecule has 0 atom stereocenters. The first-order valence-corrected chi connectivity index (χ1v) is 6.31. The van der Waals surface area contributed by atoms with Crippen molar-refractivity contribution >= 4 is 0 Å². The van der Waals surface area contributed by atoms with Crippen molar-refractivity contribution < 1.29 is 0 Å². The van der Waals surface area contributed by atoms with Gasteiger partial charge in [0.1, 0.15) is 0 Å². The van der Waals surface area contributed by atoms with E-state index in [2.05, 4.69) is 11.8 Å². The zero-order chi connectivity index (χ0) is 9.80. The minimum absolute atomic E-state index is 1.31. The van der Waals surface area contributed by atoms with Crippen LogP contribution in [0.1, 0.15) is 58.3 Å². The topological polar surface area (TPSA) is 3.24 Å². The summed E-state index contributed by atoms with van der Waals surface area (Å²) in [5, 5.41) is 0. The maximum Gasteiger partial charge on any atom is 0.0174 e. The SMILES string of the molecule is CC(=C1CCCCC1)N1CCCCC1. The molecule has 0 aromatic rings. The first-order valence-electron chi connectivity index (χ1n) is 6.31. The molecule has 0 bridgehead atoms. The van der Waals surface area contributed by atoms with E-state index in [0.29, 0.717) is 0 Å². The Labute approximate surface area is 88.2 Å². The summed E-state index contributed by atoms with van der Waals surface area (Å²) < 4.78 is 0. The standard InChI is InChI=1S/C13H23N/c1-12(13-8-4-2-5-9-13)14-10-6-3-7-11-14/h2-11H2,1H3. The molecule has 1 saturated heterocycles. The van der Waals surface area contributed by atoms with Crippen LogP contribution in [-0.4, -0.2) is 18.0 Å². The lowest BCUT2D eigenvalue weighted by atomic mass is 9.93. The Morgan fingerprint density at radius 3 is 2.07 bits per heavy atom. The van der Waals surface area contributed by atoms with Crippen LogP contribution in [0.3, 0.4) is 0 Å². The van der Waals surface area contributed by atoms with Gasteiger partial charge in [-0.05, 0) is 51.9 Å². The van der Waals surface area contributed by atoms with Crippen molar-refractivity contribution in [2.45, 2.75) is 58.3 Å². The smallest absolute Gasteiger partial charge is 0.0174 e. The summed E-state index contributed by atoms with van der Waals surface area (Å²) in [6.45, 7) is 4.98. The largest absolute Gasteiger partial charge is 0.375 e. The molecule has 1 nitrogen and oxygen atoms in total. The number of hydrogen-bond donors (Lipinski definition) is 0. The van der Waals surface area contributed by atoms with Crippen molar-refractivity contribution in [3.05, 3.63) is 11.3 Å². The Bertz CT molecular complexity index is 203. The molecule has 80 valence electrons. The summed E-state index contributed by atoms with van der Waals surface area (Å²) >= 11 is 0. The molecule has 0 aromatic carbocycles. The van der Waals surface area contributed by atoms with Gasteiger partial charge in [0.25, 0.3) is 0 Å². The Kier molecular flexibility index (Phi) is 3.49. The van der Waals surface area contributed by atoms with Gasteiger partial charge in [-0.3, -0.25) is 0 Å². The third-order valence-corrected chi connectivity index (χ3v) is 3.80. The lowest BCUT2D eigenvalue weighted by Gasteiger charge is -2.32. The van der Waals surface area contributed by atoms with Gasteiger partial charge in [-0.1, -0.05) is 12.0 Å². The molecular weight excluding hydrogens is 170 g/mol. The summed E-state index contributed by atoms with van der Waals surface area (Å²) in [6.07, 6.45) is 11.3. The van der Waals surface area contributed by atoms with E-state index in [1.54, 1.807) is 11.3 Å². The molecule has 2 fully saturated rings. The quantitative estimate of drug-likeness (QED) is 0.613. The number of hydrogen-bond acceptors (Lipinski definition) is 1. The molecule has 1 heteroatoms. The lowest BCUT2D eigenvalue weighted by molar-refractivity contribution is 0.280. The summed E-state index contributed by atoms with van der Waals surface area (Å²) in [5.74, 6) is 0. The average Bonchev–Trinajstić information content (AvgIpc) is 2.30. The highest BCUT2D eigenvalue weighted by atomic mass is 15.1. The third-order valence-electron chi connectivity index (χ3n) is 3.80. The van der Waals surface area contributed by atoms with E-state index >= 15 is 0 Å². The second-order valence-electron chi connectivity index (χ2n) is 4.80. The van der Waals surface area contributed by atoms with Crippen molar-refractivity contribution in [2.24, 2.45) is 0 Å². The van der Waals surface area contributed by atoms with Crippen molar-refractivity contribution in [2.75, 3.05) is 13.1 Å². The highest BCUT2D eigenvalue weighted by Gasteiger charge is 2.15. The summed E-state index contributed by atoms with van der Waals surface area (Å²) in [6, 6.07) is 0. The highest BCUT2D eigenvalue weighted by molar-refractivity contribution is 5.13. The van der Waals surface area contributed by atoms with Crippen molar-refractivity contribution in [1.82, 2.24) is 4.90 Å². The van der Waals surface area contributed by atoms with Crippen LogP contribution in [-0.2, 0) is 0 Å². The van der Waals surface area contributed by atoms with Gasteiger partial charge in [-0.15, -0.1) is 0 Å². The van der Waals surface area contributed by atoms with Crippen LogP contribution in [0.2, 0.25) is 0 Å². The van der Waals surface area contributed by atoms with E-state index in [-0.39, 0.29) is 0 Å². The van der Waals surface area contributed by atoms with Crippen molar-refractivity contribution in [1.29, 1.82) is 0 Å². The normalized spacial score (nSPS) is 23.8. The minimum Gasteiger partial charge on any atom is -0.375 e. The monoisotopic (exact) mass is 193 g/mol. The first-order chi connectivity index (χ1) is 6.88. The van der Waals surface area contributed by atoms with E-state index in [1.165, 1.54) is 64.5 Å². The van der Waals surface area contributed by atoms with E-state index in [1.807, 2.05) is 0 Å². The average molecular weight is 193 g/mol. The van der Waals surface area contributed by atoms with Crippen LogP contribution in [0.15, 0.2) is 11.3 Å². The predicted molar refractivity (Wildman–Crippen MR) is 61.2 cm³/mol. The fraction of sp³-hybridized carbons (Fsp3) is 0.846. The number of nitrogens with zero attached hydrogens (tertiary/aromatic N) is 1. The maximum atomic E-state index is 2.63. The zero-order valence-corrected chi connectivity index (χ0v) is 9.52. The minimum atomic E-state index is 1.31. The maximum absolute atomic E-state index is 2.63. The fourth-order valence-corrected chi connectivity index (χ4v) is 2.79. The van der Waals surface area contributed by atoms with Gasteiger partial charge in [0, 0.05) is 18.8 Å². The van der Waals surface area contributed by atoms with Gasteiger partial charge in [0.15, 0.2) is 0 Å². The summed E-state index contributed by atoms with van der Waals surface area (Å²) in [4.78, 5) is 2.63. The number of likely N-dealkylation sites (tertiary alicyclic amines) is 1. The van der Waals surface area contributed by atoms with Gasteiger partial charge >= 0.3 is 0 Å². The molecule has 0 amide bonds. The highest BCUT2D eigenvalue weighted by Crippen LogP contribution is 2.28. The molecule has 1 aliphatic carbocycles. The van der Waals surface area contributed by atoms with Gasteiger partial charge in [0.05, 0.1) is 0 Å². The predicted octanol–water partition coefficient (Wildman–Crippen LogP) is 3.71. The molecule has 2 rings (SSSR count). The molecule has 14 heavy (non-hydrogen) atoms. The summed E-state index contributed by atoms with van der Waals surface area (Å²) in [5.41, 5.74) is 3.39. The molecule has 1 saturated carbocycles. The Morgan fingerprint density at radius 1 is 0.857 bits per heavy atom. The van der Waals surface area contributed by atoms with Crippen molar-refractivity contribution in [3.8, 4) is 0 Å². The molecule has 0 unspecified atom stereocenters. The molecule has 0 spiro atoms. The first kappa shape index (κ1) is 10.1. The Morgan fingerprint density at radius 2 is 1.43 bits per heavy atom. The van der Waals surface area contributed by atoms with Crippen LogP contribution in [0.25, 0.3) is 0 Å². The van der Waals surface area contributed by atoms with Crippen LogP contribution in [0.5, 0.6) is 0 Å². The van der Waals surface area contributed by atoms with Crippen molar-refractivity contribution in [3.63, 3.8) is 0 Å². The third kappa shape index (κ3) is 2.31. The molecule has 0 aromatic heterocycles. The van der Waals surface area contributed by atoms with E-state index < -0.39 is 0 Å². The molecule has 1 aliphatic heterocycles.